The zero-order valence-electron chi connectivity index (χ0n) is 39.8. The summed E-state index contributed by atoms with van der Waals surface area (Å²) in [6, 6.07) is 9.65. The van der Waals surface area contributed by atoms with Gasteiger partial charge >= 0.3 is 71.1 Å². The molecule has 0 saturated heterocycles. The van der Waals surface area contributed by atoms with Crippen molar-refractivity contribution >= 4 is 51.6 Å². The molecule has 4 N–H and O–H groups in total. The third-order valence-electron chi connectivity index (χ3n) is 9.60. The standard InChI is InChI=1S/C41H62N2O11.C7H5N3S.2Na/c1-4-6-8-10-12-14-16-34(40(46)47)31-38(44)53-28-26-51-23-21-43(36-18-19-37(42)33(3)30-36)20-22-50-24-25-52-27-29-54-39(45)32-35(41(48)49)17-15-13-11-9-7-5-2;1-4-5(2-8)7(10)11-6(4)3-9;;/h4-5,12-15,18-19,30,34-35H,1-2,6-11,16-17,20-29,31-32,42H2,3H3,(H,46,47)(H,48,49);10H2,1H3;;/q;;2*+1/p-2/b14-12+,15-13+;;;. The number of unbranched alkanes of at least 4 members (excludes halogenated alkanes) is 4. The van der Waals surface area contributed by atoms with Crippen molar-refractivity contribution in [2.45, 2.75) is 78.1 Å². The van der Waals surface area contributed by atoms with Gasteiger partial charge in [0.15, 0.2) is 0 Å². The first-order valence-electron chi connectivity index (χ1n) is 21.6. The molecule has 2 atom stereocenters. The fraction of sp³-hybridized carbons (Fsp3) is 0.500. The van der Waals surface area contributed by atoms with Gasteiger partial charge in [-0.2, -0.15) is 10.5 Å². The van der Waals surface area contributed by atoms with Crippen LogP contribution in [0, 0.1) is 48.3 Å². The van der Waals surface area contributed by atoms with Gasteiger partial charge in [0.1, 0.15) is 35.2 Å². The number of rotatable bonds is 34. The summed E-state index contributed by atoms with van der Waals surface area (Å²) in [4.78, 5) is 49.8. The number of ether oxygens (including phenoxy) is 5. The van der Waals surface area contributed by atoms with Gasteiger partial charge in [-0.25, -0.2) is 0 Å². The molecule has 2 unspecified atom stereocenters. The maximum atomic E-state index is 12.2. The van der Waals surface area contributed by atoms with Crippen molar-refractivity contribution in [2.24, 2.45) is 11.8 Å². The molecule has 0 aliphatic carbocycles. The van der Waals surface area contributed by atoms with Gasteiger partial charge in [-0.15, -0.1) is 24.5 Å². The summed E-state index contributed by atoms with van der Waals surface area (Å²) in [5, 5.41) is 40.4. The van der Waals surface area contributed by atoms with E-state index in [1.54, 1.807) is 19.1 Å². The van der Waals surface area contributed by atoms with Gasteiger partial charge in [0.25, 0.3) is 0 Å². The molecular weight excluding hydrogens is 901 g/mol. The molecule has 0 aliphatic heterocycles. The molecule has 0 amide bonds. The molecule has 0 saturated carbocycles. The Morgan fingerprint density at radius 2 is 1.18 bits per heavy atom. The Balaban J connectivity index is 0. The number of benzene rings is 1. The Bertz CT molecular complexity index is 1930. The summed E-state index contributed by atoms with van der Waals surface area (Å²) in [6.07, 6.45) is 16.1. The third-order valence-corrected chi connectivity index (χ3v) is 10.6. The fourth-order valence-electron chi connectivity index (χ4n) is 5.77. The molecule has 356 valence electrons. The minimum Gasteiger partial charge on any atom is -0.550 e. The number of carbonyl (C=O) groups is 4. The Morgan fingerprint density at radius 1 is 0.716 bits per heavy atom. The minimum absolute atomic E-state index is 0. The van der Waals surface area contributed by atoms with Crippen molar-refractivity contribution in [3.8, 4) is 12.1 Å². The van der Waals surface area contributed by atoms with Gasteiger partial charge < -0.3 is 59.9 Å². The number of esters is 2. The van der Waals surface area contributed by atoms with Crippen molar-refractivity contribution in [1.82, 2.24) is 0 Å². The number of carboxylic acid groups (broad SMARTS) is 2. The van der Waals surface area contributed by atoms with E-state index >= 15 is 0 Å². The van der Waals surface area contributed by atoms with Gasteiger partial charge in [0.05, 0.1) is 58.0 Å². The van der Waals surface area contributed by atoms with E-state index in [9.17, 15) is 29.4 Å². The average Bonchev–Trinajstić information content (AvgIpc) is 3.56. The van der Waals surface area contributed by atoms with Gasteiger partial charge in [-0.3, -0.25) is 9.59 Å². The van der Waals surface area contributed by atoms with E-state index in [1.165, 1.54) is 0 Å². The number of hydrogen-bond donors (Lipinski definition) is 2. The monoisotopic (exact) mass is 965 g/mol. The number of hydrogen-bond acceptors (Lipinski definition) is 17. The van der Waals surface area contributed by atoms with E-state index in [4.69, 9.17) is 45.7 Å². The molecule has 1 aromatic carbocycles. The van der Waals surface area contributed by atoms with Crippen LogP contribution >= 0.6 is 11.3 Å². The summed E-state index contributed by atoms with van der Waals surface area (Å²) in [5.41, 5.74) is 15.2. The molecule has 67 heavy (non-hydrogen) atoms. The SMILES string of the molecule is C=CCCC/C=C/CC(CC(=O)OCCOCCOCCN(CCOCCOC(=O)CC(C/C=C/CCCC=C)C(=O)[O-])c1ccc(N)c(C)c1)C(=O)[O-].Cc1c(C#N)sc(N)c1C#N.[Na+].[Na+]. The summed E-state index contributed by atoms with van der Waals surface area (Å²) < 4.78 is 27.2. The molecule has 0 radical (unpaired) electrons. The first-order valence-corrected chi connectivity index (χ1v) is 22.4. The normalized spacial score (nSPS) is 11.4. The summed E-state index contributed by atoms with van der Waals surface area (Å²) in [5.74, 6) is -5.72. The summed E-state index contributed by atoms with van der Waals surface area (Å²) in [7, 11) is 0. The van der Waals surface area contributed by atoms with E-state index in [0.717, 1.165) is 61.1 Å². The van der Waals surface area contributed by atoms with Gasteiger partial charge in [-0.05, 0) is 94.5 Å². The Morgan fingerprint density at radius 3 is 1.57 bits per heavy atom. The minimum atomic E-state index is -1.29. The van der Waals surface area contributed by atoms with E-state index in [-0.39, 0.29) is 118 Å². The Kier molecular flexibility index (Phi) is 39.9. The summed E-state index contributed by atoms with van der Waals surface area (Å²) >= 11 is 1.16. The fourth-order valence-corrected chi connectivity index (χ4v) is 6.59. The third kappa shape index (κ3) is 30.2. The van der Waals surface area contributed by atoms with Gasteiger partial charge in [-0.1, -0.05) is 36.5 Å². The zero-order valence-corrected chi connectivity index (χ0v) is 44.6. The Hall–Kier alpha value is -3.98. The van der Waals surface area contributed by atoms with Crippen LogP contribution in [0.2, 0.25) is 0 Å². The zero-order chi connectivity index (χ0) is 48.2. The second-order valence-electron chi connectivity index (χ2n) is 14.6. The van der Waals surface area contributed by atoms with Crippen LogP contribution in [-0.4, -0.2) is 89.8 Å². The van der Waals surface area contributed by atoms with Crippen LogP contribution in [0.5, 0.6) is 0 Å². The maximum absolute atomic E-state index is 12.2. The van der Waals surface area contributed by atoms with Crippen molar-refractivity contribution in [3.05, 3.63) is 89.4 Å². The molecular formula is C48H65N5Na2O11S. The number of nitriles is 2. The van der Waals surface area contributed by atoms with Crippen LogP contribution in [-0.2, 0) is 42.9 Å². The van der Waals surface area contributed by atoms with Crippen LogP contribution in [0.15, 0.2) is 67.8 Å². The first kappa shape index (κ1) is 65.1. The van der Waals surface area contributed by atoms with Crippen LogP contribution in [0.25, 0.3) is 0 Å². The second-order valence-corrected chi connectivity index (χ2v) is 15.7. The van der Waals surface area contributed by atoms with E-state index in [0.29, 0.717) is 59.6 Å². The number of aryl methyl sites for hydroxylation is 1. The molecule has 16 nitrogen and oxygen atoms in total. The smallest absolute Gasteiger partial charge is 0.550 e. The van der Waals surface area contributed by atoms with Crippen molar-refractivity contribution in [3.63, 3.8) is 0 Å². The molecule has 1 heterocycles. The van der Waals surface area contributed by atoms with Crippen molar-refractivity contribution in [1.29, 1.82) is 10.5 Å². The molecule has 1 aromatic heterocycles. The van der Waals surface area contributed by atoms with E-state index in [1.807, 2.05) is 61.6 Å². The molecule has 0 bridgehead atoms. The topological polar surface area (TPSA) is 263 Å². The molecule has 0 aliphatic rings. The molecule has 2 aromatic rings. The first-order chi connectivity index (χ1) is 31.3. The number of carboxylic acids is 2. The number of carbonyl (C=O) groups excluding carboxylic acids is 4. The van der Waals surface area contributed by atoms with Crippen molar-refractivity contribution < 1.29 is 112 Å². The molecule has 0 fully saturated rings. The quantitative estimate of drug-likeness (QED) is 0.0281. The molecule has 2 rings (SSSR count). The van der Waals surface area contributed by atoms with E-state index < -0.39 is 35.7 Å². The number of nitrogens with zero attached hydrogens (tertiary/aromatic N) is 3. The number of nitrogens with two attached hydrogens (primary N) is 2. The summed E-state index contributed by atoms with van der Waals surface area (Å²) in [6.45, 7) is 13.6. The number of nitrogen functional groups attached to an aromatic ring is 2. The van der Waals surface area contributed by atoms with Gasteiger partial charge in [0, 0.05) is 48.2 Å². The number of aliphatic carboxylic acids is 2. The van der Waals surface area contributed by atoms with Crippen LogP contribution < -0.4 is 85.7 Å². The Labute approximate surface area is 444 Å². The van der Waals surface area contributed by atoms with Gasteiger partial charge in [0.2, 0.25) is 0 Å². The number of thiophene rings is 1. The largest absolute Gasteiger partial charge is 1.00 e. The molecule has 0 spiro atoms. The predicted molar refractivity (Wildman–Crippen MR) is 247 cm³/mol. The van der Waals surface area contributed by atoms with Crippen molar-refractivity contribution in [2.75, 3.05) is 82.3 Å². The molecule has 19 heteroatoms. The van der Waals surface area contributed by atoms with Crippen LogP contribution in [0.4, 0.5) is 16.4 Å². The van der Waals surface area contributed by atoms with E-state index in [2.05, 4.69) is 18.1 Å². The predicted octanol–water partition coefficient (Wildman–Crippen LogP) is -0.972. The number of anilines is 3. The number of allylic oxidation sites excluding steroid dienone is 6. The van der Waals surface area contributed by atoms with Crippen LogP contribution in [0.3, 0.4) is 0 Å². The van der Waals surface area contributed by atoms with Crippen LogP contribution in [0.1, 0.15) is 85.8 Å². The second kappa shape index (κ2) is 41.0. The maximum Gasteiger partial charge on any atom is 1.00 e. The average molecular weight is 966 g/mol.